The lowest BCUT2D eigenvalue weighted by atomic mass is 9.96. The third kappa shape index (κ3) is 2.99. The quantitative estimate of drug-likeness (QED) is 0.840. The molecule has 92 valence electrons. The van der Waals surface area contributed by atoms with Crippen LogP contribution in [-0.2, 0) is 10.2 Å². The molecular weight excluding hydrogens is 236 g/mol. The van der Waals surface area contributed by atoms with Gasteiger partial charge in [0.1, 0.15) is 0 Å². The Kier molecular flexibility index (Phi) is 3.69. The van der Waals surface area contributed by atoms with E-state index in [4.69, 9.17) is 17.3 Å². The summed E-state index contributed by atoms with van der Waals surface area (Å²) in [5.41, 5.74) is 6.66. The van der Waals surface area contributed by atoms with Gasteiger partial charge >= 0.3 is 0 Å². The van der Waals surface area contributed by atoms with Crippen LogP contribution in [0.3, 0.4) is 0 Å². The number of carbonyl (C=O) groups excluding carboxylic acids is 1. The molecule has 3 nitrogen and oxygen atoms in total. The van der Waals surface area contributed by atoms with Crippen molar-refractivity contribution >= 4 is 17.5 Å². The lowest BCUT2D eigenvalue weighted by Gasteiger charge is -2.16. The van der Waals surface area contributed by atoms with Crippen molar-refractivity contribution in [2.75, 3.05) is 13.1 Å². The fraction of sp³-hybridized carbons (Fsp3) is 0.462. The van der Waals surface area contributed by atoms with Crippen LogP contribution in [0.15, 0.2) is 24.3 Å². The number of hydrogen-bond donors (Lipinski definition) is 2. The van der Waals surface area contributed by atoms with Crippen molar-refractivity contribution in [3.63, 3.8) is 0 Å². The number of halogens is 1. The van der Waals surface area contributed by atoms with Gasteiger partial charge < -0.3 is 11.1 Å². The van der Waals surface area contributed by atoms with E-state index < -0.39 is 0 Å². The molecule has 1 aliphatic rings. The maximum Gasteiger partial charge on any atom is 0.221 e. The van der Waals surface area contributed by atoms with E-state index >= 15 is 0 Å². The summed E-state index contributed by atoms with van der Waals surface area (Å²) in [6.45, 7) is 1.09. The molecule has 1 aromatic rings. The molecule has 1 saturated carbocycles. The summed E-state index contributed by atoms with van der Waals surface area (Å²) in [7, 11) is 0. The Balaban J connectivity index is 1.98. The second-order valence-corrected chi connectivity index (χ2v) is 5.04. The standard InChI is InChI=1S/C13H17ClN2O/c14-11-3-1-2-10(8-11)13(5-6-13)9-16-12(17)4-7-15/h1-3,8H,4-7,9,15H2,(H,16,17). The molecule has 1 amide bonds. The van der Waals surface area contributed by atoms with Gasteiger partial charge in [0.2, 0.25) is 5.91 Å². The van der Waals surface area contributed by atoms with Gasteiger partial charge in [-0.05, 0) is 30.5 Å². The Bertz CT molecular complexity index is 416. The Morgan fingerprint density at radius 3 is 2.82 bits per heavy atom. The van der Waals surface area contributed by atoms with E-state index in [9.17, 15) is 4.79 Å². The van der Waals surface area contributed by atoms with Crippen LogP contribution < -0.4 is 11.1 Å². The summed E-state index contributed by atoms with van der Waals surface area (Å²) in [5.74, 6) is 0.0285. The van der Waals surface area contributed by atoms with E-state index in [1.54, 1.807) is 0 Å². The number of hydrogen-bond acceptors (Lipinski definition) is 2. The molecule has 1 fully saturated rings. The molecule has 17 heavy (non-hydrogen) atoms. The Hall–Kier alpha value is -1.06. The van der Waals surface area contributed by atoms with Gasteiger partial charge in [0.15, 0.2) is 0 Å². The highest BCUT2D eigenvalue weighted by Gasteiger charge is 2.44. The third-order valence-corrected chi connectivity index (χ3v) is 3.52. The van der Waals surface area contributed by atoms with Crippen molar-refractivity contribution in [2.45, 2.75) is 24.7 Å². The van der Waals surface area contributed by atoms with E-state index in [0.29, 0.717) is 19.5 Å². The smallest absolute Gasteiger partial charge is 0.221 e. The first-order valence-corrected chi connectivity index (χ1v) is 6.27. The number of nitrogens with two attached hydrogens (primary N) is 1. The summed E-state index contributed by atoms with van der Waals surface area (Å²) < 4.78 is 0. The normalized spacial score (nSPS) is 16.6. The second kappa shape index (κ2) is 5.07. The van der Waals surface area contributed by atoms with Crippen LogP contribution in [0.1, 0.15) is 24.8 Å². The second-order valence-electron chi connectivity index (χ2n) is 4.61. The average Bonchev–Trinajstić information content (AvgIpc) is 3.08. The van der Waals surface area contributed by atoms with Gasteiger partial charge in [0.05, 0.1) is 0 Å². The van der Waals surface area contributed by atoms with Crippen LogP contribution in [0.5, 0.6) is 0 Å². The molecule has 0 unspecified atom stereocenters. The van der Waals surface area contributed by atoms with Crippen molar-refractivity contribution < 1.29 is 4.79 Å². The van der Waals surface area contributed by atoms with Crippen LogP contribution >= 0.6 is 11.6 Å². The van der Waals surface area contributed by atoms with Crippen molar-refractivity contribution in [3.05, 3.63) is 34.9 Å². The minimum atomic E-state index is 0.0285. The van der Waals surface area contributed by atoms with E-state index in [0.717, 1.165) is 17.9 Å². The number of nitrogens with one attached hydrogen (secondary N) is 1. The van der Waals surface area contributed by atoms with Crippen molar-refractivity contribution in [2.24, 2.45) is 5.73 Å². The van der Waals surface area contributed by atoms with Crippen LogP contribution in [0.25, 0.3) is 0 Å². The van der Waals surface area contributed by atoms with Crippen LogP contribution in [0.2, 0.25) is 5.02 Å². The third-order valence-electron chi connectivity index (χ3n) is 3.29. The molecule has 4 heteroatoms. The van der Waals surface area contributed by atoms with Gasteiger partial charge in [-0.2, -0.15) is 0 Å². The molecule has 0 radical (unpaired) electrons. The molecule has 0 spiro atoms. The zero-order valence-corrected chi connectivity index (χ0v) is 10.5. The summed E-state index contributed by atoms with van der Waals surface area (Å²) in [5, 5.41) is 3.69. The Labute approximate surface area is 106 Å². The minimum Gasteiger partial charge on any atom is -0.355 e. The molecular formula is C13H17ClN2O. The highest BCUT2D eigenvalue weighted by molar-refractivity contribution is 6.30. The number of amides is 1. The molecule has 0 saturated heterocycles. The van der Waals surface area contributed by atoms with Crippen LogP contribution in [0, 0.1) is 0 Å². The average molecular weight is 253 g/mol. The first kappa shape index (κ1) is 12.4. The highest BCUT2D eigenvalue weighted by Crippen LogP contribution is 2.48. The van der Waals surface area contributed by atoms with Crippen LogP contribution in [0.4, 0.5) is 0 Å². The fourth-order valence-corrected chi connectivity index (χ4v) is 2.21. The molecule has 0 bridgehead atoms. The van der Waals surface area contributed by atoms with Crippen molar-refractivity contribution in [3.8, 4) is 0 Å². The molecule has 1 aliphatic carbocycles. The molecule has 2 rings (SSSR count). The van der Waals surface area contributed by atoms with E-state index in [2.05, 4.69) is 11.4 Å². The monoisotopic (exact) mass is 252 g/mol. The summed E-state index contributed by atoms with van der Waals surface area (Å²) >= 11 is 5.99. The molecule has 0 heterocycles. The predicted octanol–water partition coefficient (Wildman–Crippen LogP) is 1.84. The van der Waals surface area contributed by atoms with Crippen molar-refractivity contribution in [1.29, 1.82) is 0 Å². The SMILES string of the molecule is NCCC(=O)NCC1(c2cccc(Cl)c2)CC1. The Morgan fingerprint density at radius 2 is 2.24 bits per heavy atom. The minimum absolute atomic E-state index is 0.0285. The molecule has 0 aliphatic heterocycles. The van der Waals surface area contributed by atoms with Gasteiger partial charge in [-0.3, -0.25) is 4.79 Å². The molecule has 0 atom stereocenters. The van der Waals surface area contributed by atoms with Crippen molar-refractivity contribution in [1.82, 2.24) is 5.32 Å². The predicted molar refractivity (Wildman–Crippen MR) is 69.0 cm³/mol. The molecule has 0 aromatic heterocycles. The maximum atomic E-state index is 11.4. The summed E-state index contributed by atoms with van der Waals surface area (Å²) in [4.78, 5) is 11.4. The van der Waals surface area contributed by atoms with E-state index in [-0.39, 0.29) is 11.3 Å². The number of benzene rings is 1. The zero-order valence-electron chi connectivity index (χ0n) is 9.71. The lowest BCUT2D eigenvalue weighted by Crippen LogP contribution is -2.33. The van der Waals surface area contributed by atoms with E-state index in [1.165, 1.54) is 5.56 Å². The summed E-state index contributed by atoms with van der Waals surface area (Å²) in [6.07, 6.45) is 2.61. The van der Waals surface area contributed by atoms with Gasteiger partial charge in [-0.25, -0.2) is 0 Å². The fourth-order valence-electron chi connectivity index (χ4n) is 2.02. The summed E-state index contributed by atoms with van der Waals surface area (Å²) in [6, 6.07) is 7.89. The largest absolute Gasteiger partial charge is 0.355 e. The highest BCUT2D eigenvalue weighted by atomic mass is 35.5. The number of rotatable bonds is 5. The molecule has 3 N–H and O–H groups in total. The molecule has 1 aromatic carbocycles. The van der Waals surface area contributed by atoms with Crippen LogP contribution in [-0.4, -0.2) is 19.0 Å². The van der Waals surface area contributed by atoms with Gasteiger partial charge in [0, 0.05) is 29.9 Å². The Morgan fingerprint density at radius 1 is 1.47 bits per heavy atom. The number of carbonyl (C=O) groups is 1. The topological polar surface area (TPSA) is 55.1 Å². The maximum absolute atomic E-state index is 11.4. The zero-order chi connectivity index (χ0) is 12.3. The lowest BCUT2D eigenvalue weighted by molar-refractivity contribution is -0.121. The van der Waals surface area contributed by atoms with Gasteiger partial charge in [-0.1, -0.05) is 23.7 Å². The van der Waals surface area contributed by atoms with E-state index in [1.807, 2.05) is 18.2 Å². The van der Waals surface area contributed by atoms with Gasteiger partial charge in [-0.15, -0.1) is 0 Å². The van der Waals surface area contributed by atoms with Gasteiger partial charge in [0.25, 0.3) is 0 Å². The first-order valence-electron chi connectivity index (χ1n) is 5.89. The first-order chi connectivity index (χ1) is 8.16.